The molecule has 1 aliphatic rings. The summed E-state index contributed by atoms with van der Waals surface area (Å²) in [5.41, 5.74) is 0.609. The first-order valence-corrected chi connectivity index (χ1v) is 10.2. The predicted octanol–water partition coefficient (Wildman–Crippen LogP) is 1.38. The molecule has 0 aromatic heterocycles. The van der Waals surface area contributed by atoms with Crippen LogP contribution in [0.15, 0.2) is 29.3 Å². The highest BCUT2D eigenvalue weighted by Crippen LogP contribution is 2.16. The van der Waals surface area contributed by atoms with E-state index in [1.807, 2.05) is 0 Å². The number of carbonyl (C=O) groups excluding carboxylic acids is 1. The normalized spacial score (nSPS) is 16.7. The minimum Gasteiger partial charge on any atom is -0.497 e. The quantitative estimate of drug-likeness (QED) is 0.328. The largest absolute Gasteiger partial charge is 0.497 e. The molecule has 0 radical (unpaired) electrons. The van der Waals surface area contributed by atoms with Crippen LogP contribution in [0.5, 0.6) is 5.75 Å². The zero-order valence-electron chi connectivity index (χ0n) is 17.8. The molecule has 8 heteroatoms. The number of nitrogens with zero attached hydrogens (tertiary/aromatic N) is 2. The SMILES string of the molecule is CCNC(=NCCNC(=O)c1ccc(OC)cc1)N1CCC(COCCOC)C1. The van der Waals surface area contributed by atoms with Gasteiger partial charge in [-0.1, -0.05) is 0 Å². The van der Waals surface area contributed by atoms with Crippen molar-refractivity contribution in [3.05, 3.63) is 29.8 Å². The molecule has 0 aliphatic carbocycles. The third-order valence-electron chi connectivity index (χ3n) is 4.72. The third-order valence-corrected chi connectivity index (χ3v) is 4.72. The number of aliphatic imine (C=N–C) groups is 1. The summed E-state index contributed by atoms with van der Waals surface area (Å²) in [6, 6.07) is 7.05. The van der Waals surface area contributed by atoms with Crippen molar-refractivity contribution in [2.45, 2.75) is 13.3 Å². The smallest absolute Gasteiger partial charge is 0.251 e. The Kier molecular flexibility index (Phi) is 10.3. The molecule has 1 aliphatic heterocycles. The fraction of sp³-hybridized carbons (Fsp3) is 0.619. The zero-order valence-corrected chi connectivity index (χ0v) is 17.8. The molecular weight excluding hydrogens is 372 g/mol. The van der Waals surface area contributed by atoms with Crippen LogP contribution in [-0.2, 0) is 9.47 Å². The van der Waals surface area contributed by atoms with Gasteiger partial charge in [0.1, 0.15) is 5.75 Å². The number of nitrogens with one attached hydrogen (secondary N) is 2. The number of likely N-dealkylation sites (tertiary alicyclic amines) is 1. The van der Waals surface area contributed by atoms with E-state index < -0.39 is 0 Å². The maximum atomic E-state index is 12.2. The van der Waals surface area contributed by atoms with Crippen molar-refractivity contribution in [1.29, 1.82) is 0 Å². The van der Waals surface area contributed by atoms with Crippen LogP contribution in [-0.4, -0.2) is 83.5 Å². The van der Waals surface area contributed by atoms with Crippen molar-refractivity contribution in [1.82, 2.24) is 15.5 Å². The lowest BCUT2D eigenvalue weighted by Crippen LogP contribution is -2.41. The van der Waals surface area contributed by atoms with E-state index in [1.54, 1.807) is 38.5 Å². The summed E-state index contributed by atoms with van der Waals surface area (Å²) in [7, 11) is 3.28. The lowest BCUT2D eigenvalue weighted by atomic mass is 10.1. The highest BCUT2D eigenvalue weighted by molar-refractivity contribution is 5.94. The fourth-order valence-electron chi connectivity index (χ4n) is 3.15. The molecule has 2 N–H and O–H groups in total. The summed E-state index contributed by atoms with van der Waals surface area (Å²) in [5.74, 6) is 2.02. The van der Waals surface area contributed by atoms with Crippen LogP contribution in [0.2, 0.25) is 0 Å². The molecule has 1 fully saturated rings. The molecule has 2 rings (SSSR count). The van der Waals surface area contributed by atoms with Gasteiger partial charge in [0.2, 0.25) is 0 Å². The summed E-state index contributed by atoms with van der Waals surface area (Å²) in [4.78, 5) is 19.1. The van der Waals surface area contributed by atoms with Crippen molar-refractivity contribution in [3.8, 4) is 5.75 Å². The summed E-state index contributed by atoms with van der Waals surface area (Å²) >= 11 is 0. The van der Waals surface area contributed by atoms with Crippen LogP contribution in [0, 0.1) is 5.92 Å². The molecule has 1 aromatic rings. The second-order valence-corrected chi connectivity index (χ2v) is 6.89. The van der Waals surface area contributed by atoms with Crippen LogP contribution in [0.1, 0.15) is 23.7 Å². The Morgan fingerprint density at radius 2 is 2.00 bits per heavy atom. The number of benzene rings is 1. The number of rotatable bonds is 11. The van der Waals surface area contributed by atoms with Crippen LogP contribution < -0.4 is 15.4 Å². The Labute approximate surface area is 173 Å². The lowest BCUT2D eigenvalue weighted by molar-refractivity contribution is 0.0536. The topological polar surface area (TPSA) is 84.4 Å². The number of ether oxygens (including phenoxy) is 3. The van der Waals surface area contributed by atoms with Gasteiger partial charge in [-0.05, 0) is 37.6 Å². The van der Waals surface area contributed by atoms with Crippen LogP contribution in [0.4, 0.5) is 0 Å². The summed E-state index contributed by atoms with van der Waals surface area (Å²) in [5, 5.41) is 6.25. The monoisotopic (exact) mass is 406 g/mol. The molecule has 1 amide bonds. The van der Waals surface area contributed by atoms with Gasteiger partial charge in [0.15, 0.2) is 5.96 Å². The van der Waals surface area contributed by atoms with Crippen LogP contribution >= 0.6 is 0 Å². The Hall–Kier alpha value is -2.32. The van der Waals surface area contributed by atoms with Gasteiger partial charge in [-0.3, -0.25) is 9.79 Å². The zero-order chi connectivity index (χ0) is 20.9. The third kappa shape index (κ3) is 7.91. The second-order valence-electron chi connectivity index (χ2n) is 6.89. The molecule has 1 saturated heterocycles. The van der Waals surface area contributed by atoms with Crippen molar-refractivity contribution in [3.63, 3.8) is 0 Å². The van der Waals surface area contributed by atoms with Gasteiger partial charge < -0.3 is 29.7 Å². The van der Waals surface area contributed by atoms with Gasteiger partial charge in [-0.25, -0.2) is 0 Å². The van der Waals surface area contributed by atoms with Gasteiger partial charge >= 0.3 is 0 Å². The Bertz CT molecular complexity index is 636. The fourth-order valence-corrected chi connectivity index (χ4v) is 3.15. The van der Waals surface area contributed by atoms with Gasteiger partial charge in [-0.2, -0.15) is 0 Å². The maximum absolute atomic E-state index is 12.2. The van der Waals surface area contributed by atoms with E-state index in [1.165, 1.54) is 0 Å². The van der Waals surface area contributed by atoms with Crippen molar-refractivity contribution in [2.75, 3.05) is 66.8 Å². The van der Waals surface area contributed by atoms with E-state index >= 15 is 0 Å². The van der Waals surface area contributed by atoms with Crippen LogP contribution in [0.25, 0.3) is 0 Å². The Morgan fingerprint density at radius 1 is 1.21 bits per heavy atom. The Balaban J connectivity index is 1.76. The first kappa shape index (κ1) is 23.0. The summed E-state index contributed by atoms with van der Waals surface area (Å²) < 4.78 is 15.8. The van der Waals surface area contributed by atoms with Gasteiger partial charge in [-0.15, -0.1) is 0 Å². The number of amides is 1. The van der Waals surface area contributed by atoms with E-state index in [4.69, 9.17) is 14.2 Å². The molecule has 1 atom stereocenters. The molecule has 1 aromatic carbocycles. The first-order valence-electron chi connectivity index (χ1n) is 10.2. The van der Waals surface area contributed by atoms with Crippen molar-refractivity contribution >= 4 is 11.9 Å². The van der Waals surface area contributed by atoms with Crippen molar-refractivity contribution in [2.24, 2.45) is 10.9 Å². The van der Waals surface area contributed by atoms with Gasteiger partial charge in [0.25, 0.3) is 5.91 Å². The number of hydrogen-bond acceptors (Lipinski definition) is 5. The predicted molar refractivity (Wildman–Crippen MR) is 114 cm³/mol. The number of methoxy groups -OCH3 is 2. The van der Waals surface area contributed by atoms with E-state index in [-0.39, 0.29) is 5.91 Å². The minimum absolute atomic E-state index is 0.109. The molecule has 8 nitrogen and oxygen atoms in total. The van der Waals surface area contributed by atoms with Crippen molar-refractivity contribution < 1.29 is 19.0 Å². The molecule has 162 valence electrons. The lowest BCUT2D eigenvalue weighted by Gasteiger charge is -2.21. The first-order chi connectivity index (χ1) is 14.2. The average Bonchev–Trinajstić information content (AvgIpc) is 3.22. The van der Waals surface area contributed by atoms with E-state index in [2.05, 4.69) is 27.4 Å². The number of hydrogen-bond donors (Lipinski definition) is 2. The molecular formula is C21H34N4O4. The van der Waals surface area contributed by atoms with Crippen LogP contribution in [0.3, 0.4) is 0 Å². The molecule has 1 heterocycles. The van der Waals surface area contributed by atoms with Gasteiger partial charge in [0, 0.05) is 44.8 Å². The summed E-state index contributed by atoms with van der Waals surface area (Å²) in [6.45, 7) is 7.77. The molecule has 0 saturated carbocycles. The van der Waals surface area contributed by atoms with E-state index in [0.29, 0.717) is 37.8 Å². The highest BCUT2D eigenvalue weighted by Gasteiger charge is 2.24. The standard InChI is InChI=1S/C21H34N4O4/c1-4-22-21(25-12-9-17(15-25)16-29-14-13-27-2)24-11-10-23-20(26)18-5-7-19(28-3)8-6-18/h5-8,17H,4,9-16H2,1-3H3,(H,22,24)(H,23,26). The Morgan fingerprint density at radius 3 is 2.69 bits per heavy atom. The summed E-state index contributed by atoms with van der Waals surface area (Å²) in [6.07, 6.45) is 1.09. The second kappa shape index (κ2) is 13.0. The number of carbonyl (C=O) groups is 1. The molecule has 0 spiro atoms. The highest BCUT2D eigenvalue weighted by atomic mass is 16.5. The molecule has 29 heavy (non-hydrogen) atoms. The minimum atomic E-state index is -0.109. The van der Waals surface area contributed by atoms with E-state index in [0.717, 1.165) is 44.4 Å². The molecule has 1 unspecified atom stereocenters. The van der Waals surface area contributed by atoms with E-state index in [9.17, 15) is 4.79 Å². The average molecular weight is 407 g/mol. The molecule has 0 bridgehead atoms. The number of guanidine groups is 1. The maximum Gasteiger partial charge on any atom is 0.251 e. The van der Waals surface area contributed by atoms with Gasteiger partial charge in [0.05, 0.1) is 33.5 Å².